The van der Waals surface area contributed by atoms with Crippen LogP contribution in [0, 0.1) is 0 Å². The van der Waals surface area contributed by atoms with Gasteiger partial charge in [-0.2, -0.15) is 0 Å². The molecule has 1 atom stereocenters. The molecule has 1 aromatic heterocycles. The van der Waals surface area contributed by atoms with E-state index in [1.54, 1.807) is 6.20 Å². The minimum atomic E-state index is -0.114. The summed E-state index contributed by atoms with van der Waals surface area (Å²) in [6.45, 7) is 0.471. The maximum Gasteiger partial charge on any atom is 0.144 e. The number of ketones is 1. The van der Waals surface area contributed by atoms with Crippen LogP contribution in [-0.2, 0) is 18.3 Å². The second kappa shape index (κ2) is 4.88. The lowest BCUT2D eigenvalue weighted by molar-refractivity contribution is -0.120. The van der Waals surface area contributed by atoms with Crippen LogP contribution in [0.25, 0.3) is 0 Å². The number of carbonyl (C=O) groups excluding carboxylic acids is 1. The zero-order valence-corrected chi connectivity index (χ0v) is 10.9. The van der Waals surface area contributed by atoms with E-state index in [9.17, 15) is 4.79 Å². The fraction of sp³-hybridized carbons (Fsp3) is 0.333. The molecular formula is C15H16N2O2. The Morgan fingerprint density at radius 3 is 3.11 bits per heavy atom. The number of aromatic nitrogens is 2. The zero-order chi connectivity index (χ0) is 13.2. The number of imidazole rings is 1. The van der Waals surface area contributed by atoms with Crippen molar-refractivity contribution in [2.45, 2.75) is 18.8 Å². The second-order valence-corrected chi connectivity index (χ2v) is 4.82. The molecule has 1 unspecified atom stereocenters. The van der Waals surface area contributed by atoms with Crippen molar-refractivity contribution in [1.82, 2.24) is 9.55 Å². The fourth-order valence-corrected chi connectivity index (χ4v) is 2.48. The highest BCUT2D eigenvalue weighted by Gasteiger charge is 2.29. The monoisotopic (exact) mass is 256 g/mol. The van der Waals surface area contributed by atoms with Gasteiger partial charge in [0.2, 0.25) is 0 Å². The average molecular weight is 256 g/mol. The van der Waals surface area contributed by atoms with E-state index >= 15 is 0 Å². The SMILES string of the molecule is Cn1ccnc1CCC(=O)C1COc2ccccc21. The van der Waals surface area contributed by atoms with E-state index in [1.165, 1.54) is 0 Å². The molecule has 19 heavy (non-hydrogen) atoms. The van der Waals surface area contributed by atoms with E-state index < -0.39 is 0 Å². The maximum atomic E-state index is 12.3. The van der Waals surface area contributed by atoms with Gasteiger partial charge in [0.1, 0.15) is 24.0 Å². The molecule has 3 rings (SSSR count). The van der Waals surface area contributed by atoms with Crippen molar-refractivity contribution in [2.75, 3.05) is 6.61 Å². The highest BCUT2D eigenvalue weighted by molar-refractivity contribution is 5.87. The molecule has 0 aliphatic carbocycles. The van der Waals surface area contributed by atoms with Crippen LogP contribution in [0.5, 0.6) is 5.75 Å². The van der Waals surface area contributed by atoms with E-state index in [0.717, 1.165) is 17.1 Å². The molecule has 4 heteroatoms. The Kier molecular flexibility index (Phi) is 3.07. The predicted molar refractivity (Wildman–Crippen MR) is 71.2 cm³/mol. The molecule has 0 bridgehead atoms. The Morgan fingerprint density at radius 1 is 1.47 bits per heavy atom. The van der Waals surface area contributed by atoms with Crippen LogP contribution in [0.2, 0.25) is 0 Å². The van der Waals surface area contributed by atoms with Gasteiger partial charge in [-0.15, -0.1) is 0 Å². The van der Waals surface area contributed by atoms with Crippen LogP contribution in [0.15, 0.2) is 36.7 Å². The van der Waals surface area contributed by atoms with Crippen LogP contribution >= 0.6 is 0 Å². The quantitative estimate of drug-likeness (QED) is 0.841. The summed E-state index contributed by atoms with van der Waals surface area (Å²) in [7, 11) is 1.95. The Balaban J connectivity index is 1.68. The number of aryl methyl sites for hydroxylation is 2. The number of benzene rings is 1. The van der Waals surface area contributed by atoms with Gasteiger partial charge in [0.05, 0.1) is 5.92 Å². The zero-order valence-electron chi connectivity index (χ0n) is 10.9. The van der Waals surface area contributed by atoms with E-state index in [4.69, 9.17) is 4.74 Å². The molecule has 0 N–H and O–H groups in total. The predicted octanol–water partition coefficient (Wildman–Crippen LogP) is 2.10. The van der Waals surface area contributed by atoms with Gasteiger partial charge in [-0.25, -0.2) is 4.98 Å². The number of rotatable bonds is 4. The summed E-state index contributed by atoms with van der Waals surface area (Å²) < 4.78 is 7.50. The van der Waals surface area contributed by atoms with E-state index in [2.05, 4.69) is 4.98 Å². The molecule has 0 radical (unpaired) electrons. The van der Waals surface area contributed by atoms with E-state index in [-0.39, 0.29) is 11.7 Å². The highest BCUT2D eigenvalue weighted by Crippen LogP contribution is 2.34. The van der Waals surface area contributed by atoms with Gasteiger partial charge < -0.3 is 9.30 Å². The van der Waals surface area contributed by atoms with Gasteiger partial charge in [0, 0.05) is 37.8 Å². The Labute approximate surface area is 112 Å². The molecule has 0 saturated heterocycles. The number of fused-ring (bicyclic) bond motifs is 1. The first-order valence-electron chi connectivity index (χ1n) is 6.46. The minimum Gasteiger partial charge on any atom is -0.492 e. The molecule has 1 aromatic carbocycles. The van der Waals surface area contributed by atoms with Crippen molar-refractivity contribution in [3.05, 3.63) is 48.0 Å². The van der Waals surface area contributed by atoms with Gasteiger partial charge >= 0.3 is 0 Å². The van der Waals surface area contributed by atoms with Crippen LogP contribution in [-0.4, -0.2) is 21.9 Å². The molecule has 2 heterocycles. The molecule has 1 aliphatic heterocycles. The average Bonchev–Trinajstić information content (AvgIpc) is 3.02. The van der Waals surface area contributed by atoms with Gasteiger partial charge in [0.15, 0.2) is 0 Å². The van der Waals surface area contributed by atoms with Gasteiger partial charge in [-0.05, 0) is 6.07 Å². The molecule has 4 nitrogen and oxygen atoms in total. The number of carbonyl (C=O) groups is 1. The molecule has 2 aromatic rings. The first kappa shape index (κ1) is 12.0. The van der Waals surface area contributed by atoms with Crippen molar-refractivity contribution in [3.8, 4) is 5.75 Å². The first-order chi connectivity index (χ1) is 9.25. The van der Waals surface area contributed by atoms with Crippen molar-refractivity contribution in [2.24, 2.45) is 7.05 Å². The second-order valence-electron chi connectivity index (χ2n) is 4.82. The lowest BCUT2D eigenvalue weighted by atomic mass is 9.94. The van der Waals surface area contributed by atoms with Crippen molar-refractivity contribution < 1.29 is 9.53 Å². The number of ether oxygens (including phenoxy) is 1. The molecule has 0 fully saturated rings. The van der Waals surface area contributed by atoms with Gasteiger partial charge in [0.25, 0.3) is 0 Å². The maximum absolute atomic E-state index is 12.3. The summed E-state index contributed by atoms with van der Waals surface area (Å²) in [5, 5.41) is 0. The van der Waals surface area contributed by atoms with Crippen LogP contribution in [0.1, 0.15) is 23.7 Å². The van der Waals surface area contributed by atoms with Crippen LogP contribution in [0.3, 0.4) is 0 Å². The summed E-state index contributed by atoms with van der Waals surface area (Å²) in [5.74, 6) is 1.91. The molecule has 0 saturated carbocycles. The summed E-state index contributed by atoms with van der Waals surface area (Å²) in [6.07, 6.45) is 4.84. The Morgan fingerprint density at radius 2 is 2.32 bits per heavy atom. The van der Waals surface area contributed by atoms with Crippen molar-refractivity contribution in [3.63, 3.8) is 0 Å². The third-order valence-corrected chi connectivity index (χ3v) is 3.60. The highest BCUT2D eigenvalue weighted by atomic mass is 16.5. The summed E-state index contributed by atoms with van der Waals surface area (Å²) >= 11 is 0. The summed E-state index contributed by atoms with van der Waals surface area (Å²) in [5.41, 5.74) is 1.02. The largest absolute Gasteiger partial charge is 0.492 e. The molecule has 0 spiro atoms. The minimum absolute atomic E-state index is 0.114. The number of hydrogen-bond acceptors (Lipinski definition) is 3. The Bertz CT molecular complexity index is 604. The molecule has 1 aliphatic rings. The van der Waals surface area contributed by atoms with Crippen molar-refractivity contribution in [1.29, 1.82) is 0 Å². The lowest BCUT2D eigenvalue weighted by Gasteiger charge is -2.07. The lowest BCUT2D eigenvalue weighted by Crippen LogP contribution is -2.15. The number of Topliss-reactive ketones (excluding diaryl/α,β-unsaturated/α-hetero) is 1. The van der Waals surface area contributed by atoms with E-state index in [0.29, 0.717) is 19.4 Å². The van der Waals surface area contributed by atoms with Gasteiger partial charge in [-0.3, -0.25) is 4.79 Å². The normalized spacial score (nSPS) is 17.0. The van der Waals surface area contributed by atoms with E-state index in [1.807, 2.05) is 42.1 Å². The van der Waals surface area contributed by atoms with Gasteiger partial charge in [-0.1, -0.05) is 18.2 Å². The molecule has 0 amide bonds. The van der Waals surface area contributed by atoms with Crippen molar-refractivity contribution >= 4 is 5.78 Å². The molecule has 98 valence electrons. The summed E-state index contributed by atoms with van der Waals surface area (Å²) in [4.78, 5) is 16.5. The fourth-order valence-electron chi connectivity index (χ4n) is 2.48. The third-order valence-electron chi connectivity index (χ3n) is 3.60. The number of nitrogens with zero attached hydrogens (tertiary/aromatic N) is 2. The first-order valence-corrected chi connectivity index (χ1v) is 6.46. The number of para-hydroxylation sites is 1. The summed E-state index contributed by atoms with van der Waals surface area (Å²) in [6, 6.07) is 7.78. The van der Waals surface area contributed by atoms with Crippen LogP contribution in [0.4, 0.5) is 0 Å². The third kappa shape index (κ3) is 2.26. The van der Waals surface area contributed by atoms with Crippen LogP contribution < -0.4 is 4.74 Å². The Hall–Kier alpha value is -2.10. The standard InChI is InChI=1S/C15H16N2O2/c1-17-9-8-16-15(17)7-6-13(18)12-10-19-14-5-3-2-4-11(12)14/h2-5,8-9,12H,6-7,10H2,1H3. The molecular weight excluding hydrogens is 240 g/mol. The smallest absolute Gasteiger partial charge is 0.144 e. The number of hydrogen-bond donors (Lipinski definition) is 0. The topological polar surface area (TPSA) is 44.1 Å².